The fourth-order valence-electron chi connectivity index (χ4n) is 3.48. The number of unbranched alkanes of at least 4 members (excludes halogenated alkanes) is 5. The van der Waals surface area contributed by atoms with Crippen molar-refractivity contribution in [2.45, 2.75) is 116 Å². The first-order chi connectivity index (χ1) is 23.1. The topological polar surface area (TPSA) is 288 Å². The van der Waals surface area contributed by atoms with E-state index in [4.69, 9.17) is 9.47 Å². The minimum Gasteiger partial charge on any atom is -0.411 e. The van der Waals surface area contributed by atoms with Crippen LogP contribution < -0.4 is 0 Å². The maximum atomic E-state index is 13.2. The number of carbonyl (C=O) groups is 9. The van der Waals surface area contributed by atoms with E-state index in [-0.39, 0.29) is 19.3 Å². The number of aliphatic hydroxyl groups is 3. The summed E-state index contributed by atoms with van der Waals surface area (Å²) in [6, 6.07) is 0. The molecule has 3 N–H and O–H groups in total. The van der Waals surface area contributed by atoms with Crippen molar-refractivity contribution in [3.63, 3.8) is 0 Å². The van der Waals surface area contributed by atoms with Crippen molar-refractivity contribution in [2.75, 3.05) is 6.61 Å². The molecule has 0 saturated carbocycles. The molecule has 0 fully saturated rings. The molecular weight excluding hydrogens is 668 g/mol. The molecule has 0 radical (unpaired) electrons. The number of hydrogen-bond donors (Lipinski definition) is 3. The monoisotopic (exact) mass is 710 g/mol. The number of hydrogen-bond acceptors (Lipinski definition) is 20. The van der Waals surface area contributed by atoms with Crippen molar-refractivity contribution in [1.82, 2.24) is 0 Å². The highest BCUT2D eigenvalue weighted by Gasteiger charge is 2.56. The molecule has 0 aromatic heterocycles. The second-order valence-electron chi connectivity index (χ2n) is 10.2. The second kappa shape index (κ2) is 23.6. The summed E-state index contributed by atoms with van der Waals surface area (Å²) in [5, 5.41) is 29.8. The number of esters is 2. The SMILES string of the molecule is CCCCCCCCC(=O)OC(OC(=O)CC)(C(=O)OOC(=O)C(O)C(O)C(=O)OOC(=O)CCC(=O)OOC(=O)C(C)=O)C(CC)CO. The maximum Gasteiger partial charge on any atom is 0.439 e. The number of aliphatic hydroxyl groups excluding tert-OH is 3. The Bertz CT molecular complexity index is 1160. The van der Waals surface area contributed by atoms with Crippen LogP contribution >= 0.6 is 0 Å². The Balaban J connectivity index is 5.35. The Hall–Kier alpha value is -4.69. The van der Waals surface area contributed by atoms with Gasteiger partial charge in [0.05, 0.1) is 25.4 Å². The van der Waals surface area contributed by atoms with Gasteiger partial charge in [0.2, 0.25) is 5.78 Å². The van der Waals surface area contributed by atoms with Crippen LogP contribution in [0.5, 0.6) is 0 Å². The first-order valence-electron chi connectivity index (χ1n) is 15.3. The van der Waals surface area contributed by atoms with Gasteiger partial charge in [-0.05, 0) is 12.8 Å². The van der Waals surface area contributed by atoms with Gasteiger partial charge < -0.3 is 24.8 Å². The zero-order valence-electron chi connectivity index (χ0n) is 27.5. The quantitative estimate of drug-likeness (QED) is 0.0354. The number of rotatable bonds is 21. The molecule has 20 heteroatoms. The highest BCUT2D eigenvalue weighted by Crippen LogP contribution is 2.30. The third kappa shape index (κ3) is 16.3. The van der Waals surface area contributed by atoms with E-state index in [1.807, 2.05) is 6.92 Å². The summed E-state index contributed by atoms with van der Waals surface area (Å²) in [6.45, 7) is 4.75. The molecule has 0 amide bonds. The summed E-state index contributed by atoms with van der Waals surface area (Å²) in [6.07, 6.45) is -3.24. The zero-order valence-corrected chi connectivity index (χ0v) is 27.5. The zero-order chi connectivity index (χ0) is 37.6. The van der Waals surface area contributed by atoms with Gasteiger partial charge in [-0.3, -0.25) is 14.4 Å². The lowest BCUT2D eigenvalue weighted by molar-refractivity contribution is -0.308. The predicted octanol–water partition coefficient (Wildman–Crippen LogP) is 0.0434. The Morgan fingerprint density at radius 1 is 0.592 bits per heavy atom. The molecule has 0 aliphatic heterocycles. The Kier molecular flexibility index (Phi) is 21.3. The van der Waals surface area contributed by atoms with Gasteiger partial charge in [0.1, 0.15) is 0 Å². The summed E-state index contributed by atoms with van der Waals surface area (Å²) in [4.78, 5) is 131. The maximum absolute atomic E-state index is 13.2. The van der Waals surface area contributed by atoms with Crippen LogP contribution in [-0.2, 0) is 81.9 Å². The molecule has 0 aromatic rings. The molecule has 20 nitrogen and oxygen atoms in total. The predicted molar refractivity (Wildman–Crippen MR) is 153 cm³/mol. The summed E-state index contributed by atoms with van der Waals surface area (Å²) >= 11 is 0. The van der Waals surface area contributed by atoms with Crippen molar-refractivity contribution >= 4 is 53.5 Å². The summed E-state index contributed by atoms with van der Waals surface area (Å²) in [5.41, 5.74) is 0. The van der Waals surface area contributed by atoms with Gasteiger partial charge in [-0.25, -0.2) is 58.1 Å². The standard InChI is InChI=1S/C29H42O20/c1-5-8-9-10-11-12-13-20(33)43-29(18(6-2)16-30,42-19(32)7-3)28(41)49-48-27(40)24(37)23(36)26(39)47-45-22(35)15-14-21(34)44-46-25(38)17(4)31/h18,23-24,30,36-37H,5-16H2,1-4H3. The molecule has 0 bridgehead atoms. The number of Topliss-reactive ketones (excluding diaryl/α,β-unsaturated/α-hetero) is 1. The summed E-state index contributed by atoms with van der Waals surface area (Å²) in [5.74, 6) is -17.6. The molecule has 278 valence electrons. The number of ketones is 1. The van der Waals surface area contributed by atoms with Gasteiger partial charge in [-0.2, -0.15) is 0 Å². The van der Waals surface area contributed by atoms with E-state index in [0.29, 0.717) is 12.8 Å². The van der Waals surface area contributed by atoms with E-state index < -0.39 is 96.9 Å². The molecule has 0 spiro atoms. The lowest BCUT2D eigenvalue weighted by Crippen LogP contribution is -2.55. The largest absolute Gasteiger partial charge is 0.439 e. The number of ether oxygens (including phenoxy) is 2. The van der Waals surface area contributed by atoms with Gasteiger partial charge in [-0.1, -0.05) is 52.9 Å². The molecule has 0 aliphatic rings. The van der Waals surface area contributed by atoms with Crippen LogP contribution in [0.1, 0.15) is 98.3 Å². The normalized spacial score (nSPS) is 13.6. The van der Waals surface area contributed by atoms with E-state index in [9.17, 15) is 58.5 Å². The van der Waals surface area contributed by atoms with E-state index in [2.05, 4.69) is 29.3 Å². The van der Waals surface area contributed by atoms with Crippen LogP contribution in [0.3, 0.4) is 0 Å². The van der Waals surface area contributed by atoms with Gasteiger partial charge in [0, 0.05) is 19.8 Å². The highest BCUT2D eigenvalue weighted by atomic mass is 17.2. The van der Waals surface area contributed by atoms with Gasteiger partial charge >= 0.3 is 53.5 Å². The molecule has 4 atom stereocenters. The van der Waals surface area contributed by atoms with Crippen LogP contribution in [0.2, 0.25) is 0 Å². The van der Waals surface area contributed by atoms with Gasteiger partial charge in [0.15, 0.2) is 12.2 Å². The molecular formula is C29H42O20. The first kappa shape index (κ1) is 44.3. The van der Waals surface area contributed by atoms with Gasteiger partial charge in [-0.15, -0.1) is 0 Å². The third-order valence-electron chi connectivity index (χ3n) is 6.32. The molecule has 0 aliphatic carbocycles. The van der Waals surface area contributed by atoms with Crippen LogP contribution in [-0.4, -0.2) is 93.5 Å². The molecule has 0 saturated heterocycles. The second-order valence-corrected chi connectivity index (χ2v) is 10.2. The van der Waals surface area contributed by atoms with Crippen molar-refractivity contribution in [3.05, 3.63) is 0 Å². The fourth-order valence-corrected chi connectivity index (χ4v) is 3.48. The van der Waals surface area contributed by atoms with Crippen LogP contribution in [0.25, 0.3) is 0 Å². The minimum absolute atomic E-state index is 0.138. The Morgan fingerprint density at radius 3 is 1.57 bits per heavy atom. The fraction of sp³-hybridized carbons (Fsp3) is 0.690. The average molecular weight is 711 g/mol. The van der Waals surface area contributed by atoms with Crippen molar-refractivity contribution in [1.29, 1.82) is 0 Å². The van der Waals surface area contributed by atoms with E-state index in [1.165, 1.54) is 13.8 Å². The molecule has 0 heterocycles. The van der Waals surface area contributed by atoms with Gasteiger partial charge in [0.25, 0.3) is 0 Å². The van der Waals surface area contributed by atoms with E-state index >= 15 is 0 Å². The van der Waals surface area contributed by atoms with E-state index in [0.717, 1.165) is 32.6 Å². The average Bonchev–Trinajstić information content (AvgIpc) is 3.08. The van der Waals surface area contributed by atoms with Crippen molar-refractivity contribution < 1.29 is 97.3 Å². The first-order valence-corrected chi connectivity index (χ1v) is 15.3. The lowest BCUT2D eigenvalue weighted by atomic mass is 9.96. The van der Waals surface area contributed by atoms with Crippen LogP contribution in [0.4, 0.5) is 0 Å². The summed E-state index contributed by atoms with van der Waals surface area (Å²) in [7, 11) is 0. The van der Waals surface area contributed by atoms with E-state index in [1.54, 1.807) is 0 Å². The number of carbonyl (C=O) groups excluding carboxylic acids is 9. The molecule has 0 aromatic carbocycles. The summed E-state index contributed by atoms with van der Waals surface area (Å²) < 4.78 is 10.4. The molecule has 49 heavy (non-hydrogen) atoms. The highest BCUT2D eigenvalue weighted by molar-refractivity contribution is 6.32. The van der Waals surface area contributed by atoms with Crippen molar-refractivity contribution in [3.8, 4) is 0 Å². The molecule has 0 rings (SSSR count). The van der Waals surface area contributed by atoms with Crippen LogP contribution in [0.15, 0.2) is 0 Å². The van der Waals surface area contributed by atoms with Crippen molar-refractivity contribution in [2.24, 2.45) is 5.92 Å². The lowest BCUT2D eigenvalue weighted by Gasteiger charge is -2.34. The van der Waals surface area contributed by atoms with Crippen LogP contribution in [0, 0.1) is 5.92 Å². The Labute approximate surface area is 279 Å². The molecule has 4 unspecified atom stereocenters. The Morgan fingerprint density at radius 2 is 1.08 bits per heavy atom. The minimum atomic E-state index is -2.95. The third-order valence-corrected chi connectivity index (χ3v) is 6.32. The smallest absolute Gasteiger partial charge is 0.411 e.